The van der Waals surface area contributed by atoms with Gasteiger partial charge >= 0.3 is 0 Å². The Morgan fingerprint density at radius 2 is 1.92 bits per heavy atom. The zero-order chi connectivity index (χ0) is 8.72. The second-order valence-electron chi connectivity index (χ2n) is 2.32. The maximum Gasteiger partial charge on any atom is 0.290 e. The fraction of sp³-hybridized carbons (Fsp3) is 0.167. The van der Waals surface area contributed by atoms with Gasteiger partial charge in [-0.15, -0.1) is 11.3 Å². The van der Waals surface area contributed by atoms with Crippen LogP contribution in [-0.2, 0) is 0 Å². The molecular weight excluding hydrogens is 178 g/mol. The molecule has 0 atom stereocenters. The molecule has 0 aromatic carbocycles. The first kappa shape index (κ1) is 7.23. The average molecular weight is 183 g/mol. The van der Waals surface area contributed by atoms with E-state index in [-0.39, 0.29) is 16.6 Å². The molecule has 6 heteroatoms. The number of aromatic nitrogens is 3. The van der Waals surface area contributed by atoms with Crippen LogP contribution in [0, 0.1) is 6.92 Å². The van der Waals surface area contributed by atoms with E-state index in [1.807, 2.05) is 0 Å². The first-order valence-electron chi connectivity index (χ1n) is 3.26. The van der Waals surface area contributed by atoms with Gasteiger partial charge in [0, 0.05) is 0 Å². The van der Waals surface area contributed by atoms with Gasteiger partial charge in [0.2, 0.25) is 0 Å². The molecule has 0 amide bonds. The number of nitrogens with one attached hydrogen (secondary N) is 2. The van der Waals surface area contributed by atoms with Crippen molar-refractivity contribution < 1.29 is 0 Å². The van der Waals surface area contributed by atoms with Crippen molar-refractivity contribution in [3.8, 4) is 0 Å². The Bertz CT molecular complexity index is 488. The highest BCUT2D eigenvalue weighted by atomic mass is 32.1. The maximum absolute atomic E-state index is 11.1. The van der Waals surface area contributed by atoms with E-state index < -0.39 is 0 Å². The quantitative estimate of drug-likeness (QED) is 0.602. The molecule has 2 rings (SSSR count). The van der Waals surface area contributed by atoms with Crippen molar-refractivity contribution in [1.29, 1.82) is 0 Å². The summed E-state index contributed by atoms with van der Waals surface area (Å²) in [7, 11) is 0. The van der Waals surface area contributed by atoms with Crippen LogP contribution in [0.25, 0.3) is 10.2 Å². The highest BCUT2D eigenvalue weighted by Crippen LogP contribution is 2.12. The Hall–Kier alpha value is -1.43. The Kier molecular flexibility index (Phi) is 1.37. The van der Waals surface area contributed by atoms with Crippen molar-refractivity contribution in [3.05, 3.63) is 25.7 Å². The van der Waals surface area contributed by atoms with Crippen molar-refractivity contribution in [1.82, 2.24) is 15.2 Å². The number of aromatic amines is 2. The molecule has 0 fully saturated rings. The maximum atomic E-state index is 11.1. The third-order valence-electron chi connectivity index (χ3n) is 1.44. The molecular formula is C6H5N3O2S. The van der Waals surface area contributed by atoms with Crippen LogP contribution in [0.1, 0.15) is 5.01 Å². The number of thiazole rings is 1. The van der Waals surface area contributed by atoms with E-state index in [9.17, 15) is 9.59 Å². The number of aryl methyl sites for hydroxylation is 1. The molecule has 2 N–H and O–H groups in total. The SMILES string of the molecule is Cc1nc2c(=O)[nH][nH]c(=O)c2s1. The summed E-state index contributed by atoms with van der Waals surface area (Å²) in [6, 6.07) is 0. The van der Waals surface area contributed by atoms with E-state index in [1.165, 1.54) is 11.3 Å². The molecule has 0 aliphatic rings. The Morgan fingerprint density at radius 3 is 2.58 bits per heavy atom. The molecule has 0 aliphatic carbocycles. The molecule has 12 heavy (non-hydrogen) atoms. The lowest BCUT2D eigenvalue weighted by Gasteiger charge is -1.82. The number of hydrogen-bond donors (Lipinski definition) is 2. The summed E-state index contributed by atoms with van der Waals surface area (Å²) in [5.74, 6) is 0. The third kappa shape index (κ3) is 0.884. The van der Waals surface area contributed by atoms with Crippen LogP contribution < -0.4 is 11.1 Å². The molecule has 2 heterocycles. The molecule has 0 aliphatic heterocycles. The van der Waals surface area contributed by atoms with Gasteiger partial charge in [0.05, 0.1) is 5.01 Å². The van der Waals surface area contributed by atoms with E-state index >= 15 is 0 Å². The molecule has 0 saturated heterocycles. The van der Waals surface area contributed by atoms with E-state index in [0.717, 1.165) is 0 Å². The molecule has 0 radical (unpaired) electrons. The molecule has 2 aromatic heterocycles. The molecule has 0 spiro atoms. The first-order valence-corrected chi connectivity index (χ1v) is 4.08. The normalized spacial score (nSPS) is 10.8. The third-order valence-corrected chi connectivity index (χ3v) is 2.41. The number of fused-ring (bicyclic) bond motifs is 1. The van der Waals surface area contributed by atoms with Gasteiger partial charge < -0.3 is 0 Å². The summed E-state index contributed by atoms with van der Waals surface area (Å²) in [6.45, 7) is 1.75. The van der Waals surface area contributed by atoms with Gasteiger partial charge in [0.25, 0.3) is 11.1 Å². The highest BCUT2D eigenvalue weighted by molar-refractivity contribution is 7.18. The van der Waals surface area contributed by atoms with Gasteiger partial charge in [-0.05, 0) is 6.92 Å². The van der Waals surface area contributed by atoms with Crippen molar-refractivity contribution in [2.75, 3.05) is 0 Å². The summed E-state index contributed by atoms with van der Waals surface area (Å²) in [4.78, 5) is 26.1. The number of H-pyrrole nitrogens is 2. The predicted octanol–water partition coefficient (Wildman–Crippen LogP) is -0.0187. The van der Waals surface area contributed by atoms with Crippen LogP contribution in [-0.4, -0.2) is 15.2 Å². The first-order chi connectivity index (χ1) is 5.68. The van der Waals surface area contributed by atoms with Crippen LogP contribution >= 0.6 is 11.3 Å². The van der Waals surface area contributed by atoms with E-state index in [2.05, 4.69) is 15.2 Å². The predicted molar refractivity (Wildman–Crippen MR) is 45.6 cm³/mol. The lowest BCUT2D eigenvalue weighted by molar-refractivity contribution is 0.974. The van der Waals surface area contributed by atoms with Crippen molar-refractivity contribution in [3.63, 3.8) is 0 Å². The molecule has 0 bridgehead atoms. The second kappa shape index (κ2) is 2.28. The van der Waals surface area contributed by atoms with Crippen molar-refractivity contribution in [2.24, 2.45) is 0 Å². The van der Waals surface area contributed by atoms with Crippen LogP contribution in [0.3, 0.4) is 0 Å². The fourth-order valence-electron chi connectivity index (χ4n) is 0.964. The van der Waals surface area contributed by atoms with Crippen molar-refractivity contribution in [2.45, 2.75) is 6.92 Å². The molecule has 62 valence electrons. The smallest absolute Gasteiger partial charge is 0.266 e. The summed E-state index contributed by atoms with van der Waals surface area (Å²) in [5.41, 5.74) is -0.426. The Labute approximate surface area is 70.1 Å². The standard InChI is InChI=1S/C6H5N3O2S/c1-2-7-3-4(12-2)6(11)9-8-5(3)10/h1H3,(H,8,10)(H,9,11). The van der Waals surface area contributed by atoms with Crippen LogP contribution in [0.4, 0.5) is 0 Å². The van der Waals surface area contributed by atoms with E-state index in [4.69, 9.17) is 0 Å². The van der Waals surface area contributed by atoms with E-state index in [0.29, 0.717) is 9.71 Å². The van der Waals surface area contributed by atoms with E-state index in [1.54, 1.807) is 6.92 Å². The minimum absolute atomic E-state index is 0.223. The van der Waals surface area contributed by atoms with Gasteiger partial charge in [-0.25, -0.2) is 4.98 Å². The molecule has 0 saturated carbocycles. The molecule has 0 unspecified atom stereocenters. The zero-order valence-corrected chi connectivity index (χ0v) is 6.99. The summed E-state index contributed by atoms with van der Waals surface area (Å²) < 4.78 is 0.385. The van der Waals surface area contributed by atoms with Gasteiger partial charge in [0.15, 0.2) is 5.52 Å². The van der Waals surface area contributed by atoms with Crippen LogP contribution in [0.2, 0.25) is 0 Å². The fourth-order valence-corrected chi connectivity index (χ4v) is 1.78. The second-order valence-corrected chi connectivity index (χ2v) is 3.52. The van der Waals surface area contributed by atoms with Gasteiger partial charge in [-0.1, -0.05) is 0 Å². The van der Waals surface area contributed by atoms with Gasteiger partial charge in [-0.2, -0.15) is 0 Å². The summed E-state index contributed by atoms with van der Waals surface area (Å²) >= 11 is 1.22. The Balaban J connectivity index is 3.14. The summed E-state index contributed by atoms with van der Waals surface area (Å²) in [6.07, 6.45) is 0. The van der Waals surface area contributed by atoms with Crippen molar-refractivity contribution >= 4 is 21.6 Å². The lowest BCUT2D eigenvalue weighted by atomic mass is 10.5. The number of rotatable bonds is 0. The summed E-state index contributed by atoms with van der Waals surface area (Å²) in [5, 5.41) is 5.16. The van der Waals surface area contributed by atoms with Gasteiger partial charge in [-0.3, -0.25) is 19.8 Å². The topological polar surface area (TPSA) is 78.6 Å². The number of hydrogen-bond acceptors (Lipinski definition) is 4. The average Bonchev–Trinajstić information content (AvgIpc) is 2.41. The largest absolute Gasteiger partial charge is 0.290 e. The Morgan fingerprint density at radius 1 is 1.25 bits per heavy atom. The zero-order valence-electron chi connectivity index (χ0n) is 6.17. The molecule has 2 aromatic rings. The van der Waals surface area contributed by atoms with Gasteiger partial charge in [0.1, 0.15) is 4.70 Å². The highest BCUT2D eigenvalue weighted by Gasteiger charge is 2.06. The molecule has 5 nitrogen and oxygen atoms in total. The van der Waals surface area contributed by atoms with Crippen LogP contribution in [0.15, 0.2) is 9.59 Å². The monoisotopic (exact) mass is 183 g/mol. The lowest BCUT2D eigenvalue weighted by Crippen LogP contribution is -2.17. The number of nitrogens with zero attached hydrogens (tertiary/aromatic N) is 1. The van der Waals surface area contributed by atoms with Crippen LogP contribution in [0.5, 0.6) is 0 Å². The minimum Gasteiger partial charge on any atom is -0.266 e. The minimum atomic E-state index is -0.353.